The van der Waals surface area contributed by atoms with Crippen LogP contribution in [0.5, 0.6) is 5.75 Å². The highest BCUT2D eigenvalue weighted by molar-refractivity contribution is 7.99. The van der Waals surface area contributed by atoms with E-state index in [-0.39, 0.29) is 11.8 Å². The molecule has 0 fully saturated rings. The summed E-state index contributed by atoms with van der Waals surface area (Å²) in [6, 6.07) is 13.2. The lowest BCUT2D eigenvalue weighted by Crippen LogP contribution is -2.26. The highest BCUT2D eigenvalue weighted by atomic mass is 32.2. The maximum Gasteiger partial charge on any atom is 0.251 e. The van der Waals surface area contributed by atoms with Crippen LogP contribution in [0.2, 0.25) is 0 Å². The van der Waals surface area contributed by atoms with Gasteiger partial charge < -0.3 is 15.4 Å². The van der Waals surface area contributed by atoms with Gasteiger partial charge in [-0.15, -0.1) is 11.8 Å². The molecule has 0 radical (unpaired) electrons. The minimum atomic E-state index is -0.152. The summed E-state index contributed by atoms with van der Waals surface area (Å²) in [5.74, 6) is 1.41. The Morgan fingerprint density at radius 3 is 2.96 bits per heavy atom. The molecule has 5 nitrogen and oxygen atoms in total. The number of carbonyl (C=O) groups excluding carboxylic acids is 2. The minimum absolute atomic E-state index is 0.0139. The van der Waals surface area contributed by atoms with Crippen molar-refractivity contribution in [3.63, 3.8) is 0 Å². The second-order valence-electron chi connectivity index (χ2n) is 5.68. The molecule has 0 unspecified atom stereocenters. The number of carbonyl (C=O) groups is 2. The van der Waals surface area contributed by atoms with E-state index in [1.807, 2.05) is 30.3 Å². The highest BCUT2D eigenvalue weighted by Gasteiger charge is 2.15. The molecule has 2 amide bonds. The van der Waals surface area contributed by atoms with Gasteiger partial charge in [-0.2, -0.15) is 0 Å². The van der Waals surface area contributed by atoms with Crippen molar-refractivity contribution in [2.75, 3.05) is 24.7 Å². The molecule has 0 spiro atoms. The molecular weight excluding hydrogens is 336 g/mol. The second-order valence-corrected chi connectivity index (χ2v) is 6.81. The predicted octanol–water partition coefficient (Wildman–Crippen LogP) is 3.10. The summed E-state index contributed by atoms with van der Waals surface area (Å²) in [5, 5.41) is 5.78. The maximum atomic E-state index is 12.4. The lowest BCUT2D eigenvalue weighted by molar-refractivity contribution is -0.115. The van der Waals surface area contributed by atoms with E-state index in [9.17, 15) is 9.59 Å². The molecule has 2 aromatic rings. The Labute approximate surface area is 151 Å². The number of amides is 2. The second kappa shape index (κ2) is 8.07. The fourth-order valence-corrected chi connectivity index (χ4v) is 3.62. The Hall–Kier alpha value is -2.47. The molecule has 2 aromatic carbocycles. The van der Waals surface area contributed by atoms with Gasteiger partial charge in [0, 0.05) is 29.2 Å². The zero-order valence-corrected chi connectivity index (χ0v) is 14.8. The van der Waals surface area contributed by atoms with Crippen LogP contribution in [0, 0.1) is 0 Å². The Balaban J connectivity index is 1.63. The summed E-state index contributed by atoms with van der Waals surface area (Å²) in [6.07, 6.45) is 1.17. The van der Waals surface area contributed by atoms with Crippen molar-refractivity contribution in [3.8, 4) is 5.75 Å². The Bertz CT molecular complexity index is 792. The number of fused-ring (bicyclic) bond motifs is 1. The van der Waals surface area contributed by atoms with E-state index in [0.717, 1.165) is 22.0 Å². The van der Waals surface area contributed by atoms with Gasteiger partial charge >= 0.3 is 0 Å². The van der Waals surface area contributed by atoms with Gasteiger partial charge in [0.1, 0.15) is 5.75 Å². The van der Waals surface area contributed by atoms with Crippen LogP contribution < -0.4 is 15.4 Å². The number of nitrogens with one attached hydrogen (secondary N) is 2. The number of para-hydroxylation sites is 1. The molecule has 0 saturated carbocycles. The van der Waals surface area contributed by atoms with Gasteiger partial charge in [0.25, 0.3) is 5.91 Å². The standard InChI is InChI=1S/C19H20N2O3S/c1-24-16-5-3-2-4-13(16)8-10-20-19(23)14-6-7-17-15(12-14)21-18(22)9-11-25-17/h2-7,12H,8-11H2,1H3,(H,20,23)(H,21,22). The zero-order valence-electron chi connectivity index (χ0n) is 14.0. The van der Waals surface area contributed by atoms with Gasteiger partial charge in [0.2, 0.25) is 5.91 Å². The van der Waals surface area contributed by atoms with Gasteiger partial charge in [0.15, 0.2) is 0 Å². The molecular formula is C19H20N2O3S. The molecule has 1 heterocycles. The van der Waals surface area contributed by atoms with Crippen LogP contribution in [-0.2, 0) is 11.2 Å². The van der Waals surface area contributed by atoms with Gasteiger partial charge in [-0.25, -0.2) is 0 Å². The molecule has 0 aromatic heterocycles. The summed E-state index contributed by atoms with van der Waals surface area (Å²) in [5.41, 5.74) is 2.31. The first-order valence-corrected chi connectivity index (χ1v) is 9.13. The number of hydrogen-bond acceptors (Lipinski definition) is 4. The average Bonchev–Trinajstić information content (AvgIpc) is 2.81. The molecule has 1 aliphatic heterocycles. The molecule has 25 heavy (non-hydrogen) atoms. The van der Waals surface area contributed by atoms with E-state index in [0.29, 0.717) is 30.6 Å². The van der Waals surface area contributed by atoms with Crippen LogP contribution in [0.4, 0.5) is 5.69 Å². The van der Waals surface area contributed by atoms with Crippen LogP contribution in [0.3, 0.4) is 0 Å². The Morgan fingerprint density at radius 1 is 1.28 bits per heavy atom. The van der Waals surface area contributed by atoms with E-state index in [1.165, 1.54) is 0 Å². The van der Waals surface area contributed by atoms with Gasteiger partial charge in [0.05, 0.1) is 12.8 Å². The first-order valence-electron chi connectivity index (χ1n) is 8.14. The number of ether oxygens (including phenoxy) is 1. The molecule has 6 heteroatoms. The number of anilines is 1. The van der Waals surface area contributed by atoms with E-state index in [4.69, 9.17) is 4.74 Å². The first kappa shape index (κ1) is 17.4. The third kappa shape index (κ3) is 4.33. The minimum Gasteiger partial charge on any atom is -0.496 e. The van der Waals surface area contributed by atoms with Crippen molar-refractivity contribution in [2.24, 2.45) is 0 Å². The number of hydrogen-bond donors (Lipinski definition) is 2. The molecule has 0 saturated heterocycles. The van der Waals surface area contributed by atoms with Crippen LogP contribution in [0.25, 0.3) is 0 Å². The van der Waals surface area contributed by atoms with E-state index < -0.39 is 0 Å². The van der Waals surface area contributed by atoms with Crippen molar-refractivity contribution in [1.82, 2.24) is 5.32 Å². The summed E-state index contributed by atoms with van der Waals surface area (Å²) in [7, 11) is 1.64. The largest absolute Gasteiger partial charge is 0.496 e. The molecule has 1 aliphatic rings. The van der Waals surface area contributed by atoms with Gasteiger partial charge in [-0.3, -0.25) is 9.59 Å². The molecule has 0 aliphatic carbocycles. The molecule has 3 rings (SSSR count). The van der Waals surface area contributed by atoms with Crippen LogP contribution >= 0.6 is 11.8 Å². The quantitative estimate of drug-likeness (QED) is 0.864. The van der Waals surface area contributed by atoms with Crippen molar-refractivity contribution < 1.29 is 14.3 Å². The van der Waals surface area contributed by atoms with Crippen LogP contribution in [0.1, 0.15) is 22.3 Å². The van der Waals surface area contributed by atoms with Gasteiger partial charge in [-0.05, 0) is 36.2 Å². The number of thioether (sulfide) groups is 1. The summed E-state index contributed by atoms with van der Waals surface area (Å²) in [6.45, 7) is 0.511. The zero-order chi connectivity index (χ0) is 17.6. The molecule has 0 bridgehead atoms. The molecule has 0 atom stereocenters. The number of benzene rings is 2. The maximum absolute atomic E-state index is 12.4. The van der Waals surface area contributed by atoms with Crippen molar-refractivity contribution >= 4 is 29.3 Å². The first-order chi connectivity index (χ1) is 12.2. The van der Waals surface area contributed by atoms with E-state index >= 15 is 0 Å². The lowest BCUT2D eigenvalue weighted by Gasteiger charge is -2.11. The fraction of sp³-hybridized carbons (Fsp3) is 0.263. The van der Waals surface area contributed by atoms with Gasteiger partial charge in [-0.1, -0.05) is 18.2 Å². The smallest absolute Gasteiger partial charge is 0.251 e. The van der Waals surface area contributed by atoms with Crippen molar-refractivity contribution in [2.45, 2.75) is 17.7 Å². The predicted molar refractivity (Wildman–Crippen MR) is 99.4 cm³/mol. The Kier molecular flexibility index (Phi) is 5.60. The Morgan fingerprint density at radius 2 is 2.12 bits per heavy atom. The number of rotatable bonds is 5. The lowest BCUT2D eigenvalue weighted by atomic mass is 10.1. The van der Waals surface area contributed by atoms with Crippen LogP contribution in [0.15, 0.2) is 47.4 Å². The monoisotopic (exact) mass is 356 g/mol. The average molecular weight is 356 g/mol. The normalized spacial score (nSPS) is 13.4. The summed E-state index contributed by atoms with van der Waals surface area (Å²) in [4.78, 5) is 25.1. The topological polar surface area (TPSA) is 67.4 Å². The molecule has 2 N–H and O–H groups in total. The van der Waals surface area contributed by atoms with E-state index in [2.05, 4.69) is 10.6 Å². The molecule has 130 valence electrons. The number of methoxy groups -OCH3 is 1. The van der Waals surface area contributed by atoms with Crippen LogP contribution in [-0.4, -0.2) is 31.2 Å². The van der Waals surface area contributed by atoms with Crippen molar-refractivity contribution in [3.05, 3.63) is 53.6 Å². The highest BCUT2D eigenvalue weighted by Crippen LogP contribution is 2.31. The van der Waals surface area contributed by atoms with E-state index in [1.54, 1.807) is 31.0 Å². The summed E-state index contributed by atoms with van der Waals surface area (Å²) < 4.78 is 5.32. The third-order valence-corrected chi connectivity index (χ3v) is 5.05. The van der Waals surface area contributed by atoms with Crippen molar-refractivity contribution in [1.29, 1.82) is 0 Å². The SMILES string of the molecule is COc1ccccc1CCNC(=O)c1ccc2c(c1)NC(=O)CCS2. The third-order valence-electron chi connectivity index (χ3n) is 3.97. The summed E-state index contributed by atoms with van der Waals surface area (Å²) >= 11 is 1.62. The fourth-order valence-electron chi connectivity index (χ4n) is 2.68.